The van der Waals surface area contributed by atoms with Crippen molar-refractivity contribution in [2.45, 2.75) is 39.5 Å². The van der Waals surface area contributed by atoms with Gasteiger partial charge in [0.1, 0.15) is 7.11 Å². The average molecular weight is 444 g/mol. The first kappa shape index (κ1) is 20.6. The van der Waals surface area contributed by atoms with Gasteiger partial charge in [-0.2, -0.15) is 5.10 Å². The van der Waals surface area contributed by atoms with Crippen LogP contribution in [0.1, 0.15) is 41.4 Å². The van der Waals surface area contributed by atoms with Gasteiger partial charge in [0, 0.05) is 23.0 Å². The van der Waals surface area contributed by atoms with Crippen LogP contribution in [-0.4, -0.2) is 33.1 Å². The Kier molecular flexibility index (Phi) is 5.57. The fourth-order valence-corrected chi connectivity index (χ4v) is 5.19. The number of oxime groups is 1. The van der Waals surface area contributed by atoms with E-state index < -0.39 is 0 Å². The number of aromatic nitrogens is 4. The summed E-state index contributed by atoms with van der Waals surface area (Å²) in [5.74, 6) is 0. The number of aryl methyl sites for hydroxylation is 3. The lowest BCUT2D eigenvalue weighted by Crippen LogP contribution is -2.06. The highest BCUT2D eigenvalue weighted by Crippen LogP contribution is 2.43. The van der Waals surface area contributed by atoms with Gasteiger partial charge in [-0.25, -0.2) is 9.67 Å². The molecule has 6 nitrogen and oxygen atoms in total. The predicted molar refractivity (Wildman–Crippen MR) is 129 cm³/mol. The van der Waals surface area contributed by atoms with Crippen LogP contribution in [0.2, 0.25) is 0 Å². The zero-order valence-electron chi connectivity index (χ0n) is 18.5. The van der Waals surface area contributed by atoms with E-state index in [1.807, 2.05) is 18.3 Å². The fraction of sp³-hybridized carbons (Fsp3) is 0.280. The van der Waals surface area contributed by atoms with Gasteiger partial charge >= 0.3 is 0 Å². The van der Waals surface area contributed by atoms with Crippen LogP contribution in [0.5, 0.6) is 0 Å². The number of nitrogens with zero attached hydrogens (tertiary/aromatic N) is 5. The van der Waals surface area contributed by atoms with E-state index in [2.05, 4.69) is 52.9 Å². The molecule has 3 heterocycles. The van der Waals surface area contributed by atoms with Gasteiger partial charge < -0.3 is 4.84 Å². The van der Waals surface area contributed by atoms with Crippen LogP contribution in [0.3, 0.4) is 0 Å². The maximum atomic E-state index is 5.11. The highest BCUT2D eigenvalue weighted by atomic mass is 32.1. The molecule has 0 aliphatic heterocycles. The van der Waals surface area contributed by atoms with Crippen molar-refractivity contribution >= 4 is 17.6 Å². The van der Waals surface area contributed by atoms with E-state index in [0.29, 0.717) is 0 Å². The molecule has 0 amide bonds. The third kappa shape index (κ3) is 3.62. The van der Waals surface area contributed by atoms with E-state index in [9.17, 15) is 0 Å². The minimum absolute atomic E-state index is 0.926. The summed E-state index contributed by atoms with van der Waals surface area (Å²) in [4.78, 5) is 15.5. The molecule has 5 rings (SSSR count). The van der Waals surface area contributed by atoms with Crippen molar-refractivity contribution < 1.29 is 4.84 Å². The van der Waals surface area contributed by atoms with Gasteiger partial charge in [-0.15, -0.1) is 11.3 Å². The summed E-state index contributed by atoms with van der Waals surface area (Å²) in [5.41, 5.74) is 8.78. The molecule has 0 radical (unpaired) electrons. The molecule has 162 valence electrons. The number of benzene rings is 1. The predicted octanol–water partition coefficient (Wildman–Crippen LogP) is 5.26. The molecule has 4 aromatic rings. The second kappa shape index (κ2) is 8.67. The molecule has 1 aliphatic carbocycles. The Hall–Kier alpha value is -3.32. The summed E-state index contributed by atoms with van der Waals surface area (Å²) in [6.45, 7) is 4.28. The third-order valence-electron chi connectivity index (χ3n) is 5.76. The van der Waals surface area contributed by atoms with E-state index in [0.717, 1.165) is 59.6 Å². The Bertz CT molecular complexity index is 1270. The molecule has 32 heavy (non-hydrogen) atoms. The van der Waals surface area contributed by atoms with Crippen LogP contribution < -0.4 is 0 Å². The van der Waals surface area contributed by atoms with Crippen molar-refractivity contribution in [2.75, 3.05) is 7.11 Å². The molecule has 0 atom stereocenters. The molecule has 0 bridgehead atoms. The summed E-state index contributed by atoms with van der Waals surface area (Å²) in [6.07, 6.45) is 7.40. The summed E-state index contributed by atoms with van der Waals surface area (Å²) in [6, 6.07) is 12.4. The summed E-state index contributed by atoms with van der Waals surface area (Å²) < 4.78 is 2.07. The highest BCUT2D eigenvalue weighted by molar-refractivity contribution is 7.15. The van der Waals surface area contributed by atoms with E-state index >= 15 is 0 Å². The molecule has 1 aliphatic rings. The fourth-order valence-electron chi connectivity index (χ4n) is 4.08. The van der Waals surface area contributed by atoms with Crippen molar-refractivity contribution in [2.24, 2.45) is 5.16 Å². The standard InChI is InChI=1S/C25H25N5OS/c1-4-18-9-8-17(15-26-18)23-20-12-13-21-25(32-22(5-2)28-21)24(20)30(29-23)19-10-6-16(7-11-19)14-27-31-3/h6-11,14-15H,4-5,12-13H2,1-3H3/b27-14-. The normalized spacial score (nSPS) is 12.7. The lowest BCUT2D eigenvalue weighted by Gasteiger charge is -2.14. The van der Waals surface area contributed by atoms with Gasteiger partial charge in [-0.1, -0.05) is 31.1 Å². The van der Waals surface area contributed by atoms with Crippen LogP contribution in [-0.2, 0) is 30.5 Å². The number of hydrogen-bond acceptors (Lipinski definition) is 6. The SMILES string of the molecule is CCc1ccc(-c2nn(-c3ccc(/C=N\OC)cc3)c3c2CCc2nc(CC)sc2-3)cn1. The van der Waals surface area contributed by atoms with Gasteiger partial charge in [0.05, 0.1) is 38.9 Å². The summed E-state index contributed by atoms with van der Waals surface area (Å²) >= 11 is 1.79. The molecule has 0 saturated heterocycles. The monoisotopic (exact) mass is 443 g/mol. The maximum absolute atomic E-state index is 5.11. The topological polar surface area (TPSA) is 65.2 Å². The smallest absolute Gasteiger partial charge is 0.106 e. The summed E-state index contributed by atoms with van der Waals surface area (Å²) in [7, 11) is 1.54. The van der Waals surface area contributed by atoms with Crippen molar-refractivity contribution in [3.05, 3.63) is 70.1 Å². The van der Waals surface area contributed by atoms with Crippen molar-refractivity contribution in [3.63, 3.8) is 0 Å². The third-order valence-corrected chi connectivity index (χ3v) is 7.01. The van der Waals surface area contributed by atoms with Gasteiger partial charge in [0.15, 0.2) is 0 Å². The Morgan fingerprint density at radius 1 is 1.09 bits per heavy atom. The number of fused-ring (bicyclic) bond motifs is 3. The lowest BCUT2D eigenvalue weighted by atomic mass is 9.95. The molecule has 0 spiro atoms. The zero-order valence-corrected chi connectivity index (χ0v) is 19.3. The van der Waals surface area contributed by atoms with Crippen molar-refractivity contribution in [1.82, 2.24) is 19.7 Å². The molecule has 0 unspecified atom stereocenters. The molecule has 0 fully saturated rings. The number of pyridine rings is 1. The minimum Gasteiger partial charge on any atom is -0.399 e. The van der Waals surface area contributed by atoms with E-state index in [1.165, 1.54) is 21.1 Å². The van der Waals surface area contributed by atoms with Crippen molar-refractivity contribution in [3.8, 4) is 27.5 Å². The van der Waals surface area contributed by atoms with Crippen LogP contribution in [0.15, 0.2) is 47.8 Å². The summed E-state index contributed by atoms with van der Waals surface area (Å²) in [5, 5.41) is 10.1. The molecule has 0 N–H and O–H groups in total. The Balaban J connectivity index is 1.67. The quantitative estimate of drug-likeness (QED) is 0.301. The Morgan fingerprint density at radius 3 is 2.62 bits per heavy atom. The second-order valence-corrected chi connectivity index (χ2v) is 8.81. The van der Waals surface area contributed by atoms with Gasteiger partial charge in [-0.3, -0.25) is 4.98 Å². The van der Waals surface area contributed by atoms with E-state index in [4.69, 9.17) is 14.9 Å². The first-order chi connectivity index (χ1) is 15.7. The maximum Gasteiger partial charge on any atom is 0.106 e. The highest BCUT2D eigenvalue weighted by Gasteiger charge is 2.29. The molecule has 7 heteroatoms. The molecule has 0 saturated carbocycles. The molecule has 1 aromatic carbocycles. The Labute approximate surface area is 191 Å². The number of hydrogen-bond donors (Lipinski definition) is 0. The first-order valence-corrected chi connectivity index (χ1v) is 11.8. The number of thiazole rings is 1. The largest absolute Gasteiger partial charge is 0.399 e. The van der Waals surface area contributed by atoms with Crippen LogP contribution in [0, 0.1) is 0 Å². The van der Waals surface area contributed by atoms with Crippen LogP contribution in [0.25, 0.3) is 27.5 Å². The first-order valence-electron chi connectivity index (χ1n) is 10.9. The lowest BCUT2D eigenvalue weighted by molar-refractivity contribution is 0.215. The van der Waals surface area contributed by atoms with Gasteiger partial charge in [-0.05, 0) is 55.5 Å². The average Bonchev–Trinajstić information content (AvgIpc) is 3.44. The van der Waals surface area contributed by atoms with Gasteiger partial charge in [0.25, 0.3) is 0 Å². The second-order valence-electron chi connectivity index (χ2n) is 7.72. The number of rotatable bonds is 6. The van der Waals surface area contributed by atoms with Gasteiger partial charge in [0.2, 0.25) is 0 Å². The zero-order chi connectivity index (χ0) is 22.1. The van der Waals surface area contributed by atoms with Crippen LogP contribution >= 0.6 is 11.3 Å². The Morgan fingerprint density at radius 2 is 1.94 bits per heavy atom. The van der Waals surface area contributed by atoms with E-state index in [-0.39, 0.29) is 0 Å². The molecular formula is C25H25N5OS. The van der Waals surface area contributed by atoms with Crippen LogP contribution in [0.4, 0.5) is 0 Å². The molecule has 3 aromatic heterocycles. The molecular weight excluding hydrogens is 418 g/mol. The minimum atomic E-state index is 0.926. The van der Waals surface area contributed by atoms with Crippen molar-refractivity contribution in [1.29, 1.82) is 0 Å². The van der Waals surface area contributed by atoms with E-state index in [1.54, 1.807) is 24.7 Å².